The number of phenols is 2. The van der Waals surface area contributed by atoms with Crippen LogP contribution in [-0.4, -0.2) is 15.2 Å². The van der Waals surface area contributed by atoms with Gasteiger partial charge in [0.05, 0.1) is 11.4 Å². The predicted molar refractivity (Wildman–Crippen MR) is 178 cm³/mol. The number of allylic oxidation sites excluding steroid dienone is 4. The average Bonchev–Trinajstić information content (AvgIpc) is 2.94. The molecule has 3 aromatic rings. The number of benzene rings is 2. The zero-order valence-corrected chi connectivity index (χ0v) is 27.0. The number of hydrogen-bond acceptors (Lipinski definition) is 3. The number of aromatic nitrogens is 1. The van der Waals surface area contributed by atoms with Gasteiger partial charge in [-0.3, -0.25) is 0 Å². The van der Waals surface area contributed by atoms with Crippen molar-refractivity contribution in [3.63, 3.8) is 0 Å². The first-order chi connectivity index (χ1) is 19.8. The SMILES string of the molecule is Cc1cc(C2=C(c3cccc(C4=C(c5cc(C)cc(C(C)(C)C)c5O)CCCC4)n3)CCCC2)c(O)c(C(C)(C)C)c1. The molecule has 0 saturated carbocycles. The van der Waals surface area contributed by atoms with Crippen molar-refractivity contribution < 1.29 is 10.2 Å². The summed E-state index contributed by atoms with van der Waals surface area (Å²) in [6.07, 6.45) is 8.32. The molecule has 2 aliphatic rings. The Bertz CT molecular complexity index is 1460. The highest BCUT2D eigenvalue weighted by atomic mass is 16.3. The summed E-state index contributed by atoms with van der Waals surface area (Å²) in [5.74, 6) is 0.834. The van der Waals surface area contributed by atoms with E-state index in [1.807, 2.05) is 0 Å². The summed E-state index contributed by atoms with van der Waals surface area (Å²) in [4.78, 5) is 5.34. The van der Waals surface area contributed by atoms with Crippen LogP contribution >= 0.6 is 0 Å². The van der Waals surface area contributed by atoms with Gasteiger partial charge in [0.15, 0.2) is 0 Å². The first-order valence-corrected chi connectivity index (χ1v) is 15.9. The molecule has 0 unspecified atom stereocenters. The van der Waals surface area contributed by atoms with Gasteiger partial charge in [-0.2, -0.15) is 0 Å². The lowest BCUT2D eigenvalue weighted by Gasteiger charge is -2.27. The number of phenolic OH excluding ortho intramolecular Hbond substituents is 2. The second-order valence-electron chi connectivity index (χ2n) is 14.7. The number of pyridine rings is 1. The Kier molecular flexibility index (Phi) is 8.18. The topological polar surface area (TPSA) is 53.4 Å². The molecule has 0 radical (unpaired) electrons. The van der Waals surface area contributed by atoms with Crippen molar-refractivity contribution in [3.05, 3.63) is 87.2 Å². The Labute approximate surface area is 253 Å². The van der Waals surface area contributed by atoms with Gasteiger partial charge >= 0.3 is 0 Å². The molecule has 2 N–H and O–H groups in total. The fourth-order valence-corrected chi connectivity index (χ4v) is 6.90. The highest BCUT2D eigenvalue weighted by Gasteiger charge is 2.27. The van der Waals surface area contributed by atoms with Crippen molar-refractivity contribution in [2.24, 2.45) is 0 Å². The molecule has 1 heterocycles. The third kappa shape index (κ3) is 5.93. The number of aromatic hydroxyl groups is 2. The molecule has 1 aromatic heterocycles. The van der Waals surface area contributed by atoms with Gasteiger partial charge in [-0.15, -0.1) is 0 Å². The van der Waals surface area contributed by atoms with Crippen LogP contribution in [-0.2, 0) is 10.8 Å². The molecule has 5 rings (SSSR count). The highest BCUT2D eigenvalue weighted by Crippen LogP contribution is 2.46. The summed E-state index contributed by atoms with van der Waals surface area (Å²) in [7, 11) is 0. The van der Waals surface area contributed by atoms with Crippen molar-refractivity contribution in [2.45, 2.75) is 118 Å². The number of rotatable bonds is 4. The second kappa shape index (κ2) is 11.4. The molecule has 0 atom stereocenters. The first-order valence-electron chi connectivity index (χ1n) is 15.9. The van der Waals surface area contributed by atoms with E-state index in [0.717, 1.165) is 85.0 Å². The van der Waals surface area contributed by atoms with Crippen molar-refractivity contribution in [1.82, 2.24) is 4.98 Å². The molecular formula is C39H49NO2. The minimum Gasteiger partial charge on any atom is -0.507 e. The van der Waals surface area contributed by atoms with Gasteiger partial charge in [0, 0.05) is 22.3 Å². The maximum atomic E-state index is 11.5. The van der Waals surface area contributed by atoms with Crippen LogP contribution in [0.5, 0.6) is 11.5 Å². The van der Waals surface area contributed by atoms with Crippen molar-refractivity contribution in [1.29, 1.82) is 0 Å². The first kappa shape index (κ1) is 30.1. The molecule has 0 saturated heterocycles. The van der Waals surface area contributed by atoms with E-state index in [9.17, 15) is 10.2 Å². The van der Waals surface area contributed by atoms with Gasteiger partial charge in [-0.1, -0.05) is 59.7 Å². The molecule has 3 heteroatoms. The monoisotopic (exact) mass is 563 g/mol. The lowest BCUT2D eigenvalue weighted by atomic mass is 9.79. The van der Waals surface area contributed by atoms with E-state index < -0.39 is 0 Å². The standard InChI is InChI=1S/C39H49NO2/c1-24-20-30(36(41)32(22-24)38(3,4)5)26-14-9-11-16-28(26)34-18-13-19-35(40-34)29-17-12-10-15-27(29)31-21-25(2)23-33(37(31)42)39(6,7)8/h13,18-23,41-42H,9-12,14-17H2,1-8H3. The summed E-state index contributed by atoms with van der Waals surface area (Å²) in [5.41, 5.74) is 13.0. The average molecular weight is 564 g/mol. The minimum absolute atomic E-state index is 0.142. The maximum absolute atomic E-state index is 11.5. The summed E-state index contributed by atoms with van der Waals surface area (Å²) in [6, 6.07) is 15.0. The van der Waals surface area contributed by atoms with Crippen molar-refractivity contribution >= 4 is 22.3 Å². The lowest BCUT2D eigenvalue weighted by Crippen LogP contribution is -2.13. The van der Waals surface area contributed by atoms with Gasteiger partial charge in [-0.05, 0) is 134 Å². The molecule has 0 aliphatic heterocycles. The molecule has 0 bridgehead atoms. The van der Waals surface area contributed by atoms with Crippen molar-refractivity contribution in [2.75, 3.05) is 0 Å². The number of aryl methyl sites for hydroxylation is 2. The van der Waals surface area contributed by atoms with Gasteiger partial charge in [0.2, 0.25) is 0 Å². The molecular weight excluding hydrogens is 514 g/mol. The van der Waals surface area contributed by atoms with Gasteiger partial charge < -0.3 is 10.2 Å². The Morgan fingerprint density at radius 2 is 0.905 bits per heavy atom. The zero-order valence-electron chi connectivity index (χ0n) is 27.0. The predicted octanol–water partition coefficient (Wildman–Crippen LogP) is 10.7. The number of nitrogens with zero attached hydrogens (tertiary/aromatic N) is 1. The Morgan fingerprint density at radius 1 is 0.548 bits per heavy atom. The van der Waals surface area contributed by atoms with E-state index in [1.165, 1.54) is 33.4 Å². The Balaban J connectivity index is 1.67. The summed E-state index contributed by atoms with van der Waals surface area (Å²) >= 11 is 0. The van der Waals surface area contributed by atoms with E-state index in [-0.39, 0.29) is 10.8 Å². The summed E-state index contributed by atoms with van der Waals surface area (Å²) in [6.45, 7) is 17.2. The van der Waals surface area contributed by atoms with E-state index in [2.05, 4.69) is 97.9 Å². The molecule has 42 heavy (non-hydrogen) atoms. The molecule has 0 amide bonds. The summed E-state index contributed by atoms with van der Waals surface area (Å²) < 4.78 is 0. The van der Waals surface area contributed by atoms with Crippen molar-refractivity contribution in [3.8, 4) is 11.5 Å². The van der Waals surface area contributed by atoms with E-state index in [1.54, 1.807) is 0 Å². The summed E-state index contributed by atoms with van der Waals surface area (Å²) in [5, 5.41) is 23.1. The van der Waals surface area contributed by atoms with Crippen LogP contribution in [0.2, 0.25) is 0 Å². The molecule has 0 spiro atoms. The molecule has 222 valence electrons. The Hall–Kier alpha value is -3.33. The molecule has 0 fully saturated rings. The van der Waals surface area contributed by atoms with Crippen LogP contribution in [0.3, 0.4) is 0 Å². The quantitative estimate of drug-likeness (QED) is 0.332. The molecule has 3 nitrogen and oxygen atoms in total. The van der Waals surface area contributed by atoms with Crippen LogP contribution in [0.15, 0.2) is 42.5 Å². The van der Waals surface area contributed by atoms with Crippen LogP contribution in [0.1, 0.15) is 138 Å². The van der Waals surface area contributed by atoms with E-state index >= 15 is 0 Å². The van der Waals surface area contributed by atoms with Gasteiger partial charge in [0.25, 0.3) is 0 Å². The zero-order chi connectivity index (χ0) is 30.4. The lowest BCUT2D eigenvalue weighted by molar-refractivity contribution is 0.443. The fourth-order valence-electron chi connectivity index (χ4n) is 6.90. The smallest absolute Gasteiger partial charge is 0.126 e. The Morgan fingerprint density at radius 3 is 1.26 bits per heavy atom. The normalized spacial score (nSPS) is 16.8. The fraction of sp³-hybridized carbons (Fsp3) is 0.462. The van der Waals surface area contributed by atoms with Gasteiger partial charge in [0.1, 0.15) is 11.5 Å². The third-order valence-corrected chi connectivity index (χ3v) is 9.08. The van der Waals surface area contributed by atoms with Gasteiger partial charge in [-0.25, -0.2) is 4.98 Å². The molecule has 2 aliphatic carbocycles. The second-order valence-corrected chi connectivity index (χ2v) is 14.7. The number of hydrogen-bond donors (Lipinski definition) is 2. The largest absolute Gasteiger partial charge is 0.507 e. The van der Waals surface area contributed by atoms with Crippen LogP contribution < -0.4 is 0 Å². The molecule has 2 aromatic carbocycles. The van der Waals surface area contributed by atoms with E-state index in [4.69, 9.17) is 4.98 Å². The van der Waals surface area contributed by atoms with Crippen LogP contribution in [0.4, 0.5) is 0 Å². The highest BCUT2D eigenvalue weighted by molar-refractivity contribution is 5.95. The van der Waals surface area contributed by atoms with E-state index in [0.29, 0.717) is 11.5 Å². The van der Waals surface area contributed by atoms with Crippen LogP contribution in [0.25, 0.3) is 22.3 Å². The third-order valence-electron chi connectivity index (χ3n) is 9.08. The maximum Gasteiger partial charge on any atom is 0.126 e. The minimum atomic E-state index is -0.142. The van der Waals surface area contributed by atoms with Crippen LogP contribution in [0, 0.1) is 13.8 Å².